The van der Waals surface area contributed by atoms with E-state index < -0.39 is 11.6 Å². The maximum atomic E-state index is 13.5. The molecule has 0 aliphatic carbocycles. The van der Waals surface area contributed by atoms with Crippen molar-refractivity contribution in [2.45, 2.75) is 31.7 Å². The van der Waals surface area contributed by atoms with Gasteiger partial charge in [-0.25, -0.2) is 8.78 Å². The number of hydrogen-bond donors (Lipinski definition) is 1. The summed E-state index contributed by atoms with van der Waals surface area (Å²) in [7, 11) is 0. The van der Waals surface area contributed by atoms with Gasteiger partial charge in [-0.1, -0.05) is 12.1 Å². The molecular weight excluding hydrogens is 264 g/mol. The number of thiophene rings is 1. The smallest absolute Gasteiger partial charge is 0.129 e. The van der Waals surface area contributed by atoms with Gasteiger partial charge < -0.3 is 5.73 Å². The molecule has 0 aliphatic rings. The van der Waals surface area contributed by atoms with Crippen molar-refractivity contribution in [3.63, 3.8) is 0 Å². The SMILES string of the molecule is NC(CCCc1cccs1)Cc1c(F)cccc1F. The molecule has 1 nitrogen and oxygen atoms in total. The van der Waals surface area contributed by atoms with E-state index in [1.54, 1.807) is 11.3 Å². The fourth-order valence-electron chi connectivity index (χ4n) is 2.08. The molecule has 0 amide bonds. The Bertz CT molecular complexity index is 491. The van der Waals surface area contributed by atoms with Crippen molar-refractivity contribution in [1.29, 1.82) is 0 Å². The number of halogens is 2. The Morgan fingerprint density at radius 3 is 2.47 bits per heavy atom. The molecule has 0 spiro atoms. The zero-order chi connectivity index (χ0) is 13.7. The van der Waals surface area contributed by atoms with Crippen LogP contribution in [-0.2, 0) is 12.8 Å². The first-order chi connectivity index (χ1) is 9.16. The first-order valence-corrected chi connectivity index (χ1v) is 7.25. The van der Waals surface area contributed by atoms with Crippen LogP contribution in [0.3, 0.4) is 0 Å². The van der Waals surface area contributed by atoms with Gasteiger partial charge in [0.15, 0.2) is 0 Å². The number of aryl methyl sites for hydroxylation is 1. The van der Waals surface area contributed by atoms with Gasteiger partial charge in [-0.3, -0.25) is 0 Å². The van der Waals surface area contributed by atoms with Crippen LogP contribution < -0.4 is 5.73 Å². The highest BCUT2D eigenvalue weighted by Crippen LogP contribution is 2.17. The summed E-state index contributed by atoms with van der Waals surface area (Å²) in [6.45, 7) is 0. The summed E-state index contributed by atoms with van der Waals surface area (Å²) in [5.41, 5.74) is 6.06. The Labute approximate surface area is 116 Å². The fourth-order valence-corrected chi connectivity index (χ4v) is 2.84. The van der Waals surface area contributed by atoms with Crippen LogP contribution >= 0.6 is 11.3 Å². The number of nitrogens with two attached hydrogens (primary N) is 1. The minimum Gasteiger partial charge on any atom is -0.327 e. The van der Waals surface area contributed by atoms with Crippen LogP contribution in [0.25, 0.3) is 0 Å². The van der Waals surface area contributed by atoms with Crippen molar-refractivity contribution in [1.82, 2.24) is 0 Å². The predicted molar refractivity (Wildman–Crippen MR) is 75.3 cm³/mol. The van der Waals surface area contributed by atoms with Gasteiger partial charge in [0.2, 0.25) is 0 Å². The molecule has 1 heterocycles. The molecule has 0 radical (unpaired) electrons. The van der Waals surface area contributed by atoms with E-state index in [0.717, 1.165) is 19.3 Å². The summed E-state index contributed by atoms with van der Waals surface area (Å²) >= 11 is 1.72. The minimum atomic E-state index is -0.506. The molecule has 2 rings (SSSR count). The molecule has 1 aromatic carbocycles. The lowest BCUT2D eigenvalue weighted by Gasteiger charge is -2.12. The van der Waals surface area contributed by atoms with Crippen molar-refractivity contribution in [3.05, 3.63) is 57.8 Å². The Kier molecular flexibility index (Phi) is 5.05. The van der Waals surface area contributed by atoms with Gasteiger partial charge in [0.25, 0.3) is 0 Å². The number of hydrogen-bond acceptors (Lipinski definition) is 2. The number of benzene rings is 1. The van der Waals surface area contributed by atoms with Gasteiger partial charge in [-0.05, 0) is 49.3 Å². The zero-order valence-electron chi connectivity index (χ0n) is 10.6. The van der Waals surface area contributed by atoms with E-state index in [0.29, 0.717) is 0 Å². The lowest BCUT2D eigenvalue weighted by atomic mass is 10.0. The molecule has 0 saturated heterocycles. The maximum absolute atomic E-state index is 13.5. The second-order valence-electron chi connectivity index (χ2n) is 4.64. The standard InChI is InChI=1S/C15H17F2NS/c16-14-7-2-8-15(17)13(14)10-11(18)4-1-5-12-6-3-9-19-12/h2-3,6-9,11H,1,4-5,10,18H2. The van der Waals surface area contributed by atoms with Crippen molar-refractivity contribution >= 4 is 11.3 Å². The van der Waals surface area contributed by atoms with Crippen LogP contribution in [0.15, 0.2) is 35.7 Å². The second kappa shape index (κ2) is 6.78. The van der Waals surface area contributed by atoms with Crippen LogP contribution in [0, 0.1) is 11.6 Å². The molecule has 1 unspecified atom stereocenters. The van der Waals surface area contributed by atoms with Gasteiger partial charge in [-0.2, -0.15) is 0 Å². The lowest BCUT2D eigenvalue weighted by molar-refractivity contribution is 0.516. The van der Waals surface area contributed by atoms with Crippen LogP contribution in [0.2, 0.25) is 0 Å². The average Bonchev–Trinajstić information content (AvgIpc) is 2.87. The molecular formula is C15H17F2NS. The fraction of sp³-hybridized carbons (Fsp3) is 0.333. The van der Waals surface area contributed by atoms with Gasteiger partial charge in [-0.15, -0.1) is 11.3 Å². The lowest BCUT2D eigenvalue weighted by Crippen LogP contribution is -2.24. The topological polar surface area (TPSA) is 26.0 Å². The monoisotopic (exact) mass is 281 g/mol. The van der Waals surface area contributed by atoms with Gasteiger partial charge in [0.05, 0.1) is 0 Å². The van der Waals surface area contributed by atoms with Crippen molar-refractivity contribution < 1.29 is 8.78 Å². The van der Waals surface area contributed by atoms with Gasteiger partial charge >= 0.3 is 0 Å². The molecule has 2 N–H and O–H groups in total. The Balaban J connectivity index is 1.82. The predicted octanol–water partition coefficient (Wildman–Crippen LogP) is 3.92. The molecule has 0 fully saturated rings. The van der Waals surface area contributed by atoms with E-state index in [9.17, 15) is 8.78 Å². The third-order valence-electron chi connectivity index (χ3n) is 3.11. The first kappa shape index (κ1) is 14.2. The van der Waals surface area contributed by atoms with Crippen LogP contribution in [0.1, 0.15) is 23.3 Å². The second-order valence-corrected chi connectivity index (χ2v) is 5.67. The largest absolute Gasteiger partial charge is 0.327 e. The molecule has 0 bridgehead atoms. The van der Waals surface area contributed by atoms with Crippen molar-refractivity contribution in [2.75, 3.05) is 0 Å². The Hall–Kier alpha value is -1.26. The Morgan fingerprint density at radius 2 is 1.84 bits per heavy atom. The van der Waals surface area contributed by atoms with E-state index in [1.807, 2.05) is 11.4 Å². The third kappa shape index (κ3) is 4.11. The van der Waals surface area contributed by atoms with Gasteiger partial charge in [0, 0.05) is 16.5 Å². The summed E-state index contributed by atoms with van der Waals surface area (Å²) in [6, 6.07) is 7.83. The highest BCUT2D eigenvalue weighted by atomic mass is 32.1. The summed E-state index contributed by atoms with van der Waals surface area (Å²) in [5, 5.41) is 2.05. The van der Waals surface area contributed by atoms with E-state index in [4.69, 9.17) is 5.73 Å². The molecule has 1 aromatic heterocycles. The molecule has 19 heavy (non-hydrogen) atoms. The normalized spacial score (nSPS) is 12.6. The number of rotatable bonds is 6. The Morgan fingerprint density at radius 1 is 1.11 bits per heavy atom. The minimum absolute atomic E-state index is 0.103. The highest BCUT2D eigenvalue weighted by molar-refractivity contribution is 7.09. The molecule has 0 aliphatic heterocycles. The summed E-state index contributed by atoms with van der Waals surface area (Å²) < 4.78 is 26.9. The van der Waals surface area contributed by atoms with Crippen molar-refractivity contribution in [3.8, 4) is 0 Å². The average molecular weight is 281 g/mol. The molecule has 2 aromatic rings. The third-order valence-corrected chi connectivity index (χ3v) is 4.04. The summed E-state index contributed by atoms with van der Waals surface area (Å²) in [4.78, 5) is 1.32. The van der Waals surface area contributed by atoms with Gasteiger partial charge in [0.1, 0.15) is 11.6 Å². The summed E-state index contributed by atoms with van der Waals surface area (Å²) in [6.07, 6.45) is 2.94. The van der Waals surface area contributed by atoms with E-state index in [-0.39, 0.29) is 18.0 Å². The highest BCUT2D eigenvalue weighted by Gasteiger charge is 2.12. The zero-order valence-corrected chi connectivity index (χ0v) is 11.4. The van der Waals surface area contributed by atoms with E-state index in [2.05, 4.69) is 6.07 Å². The maximum Gasteiger partial charge on any atom is 0.129 e. The molecule has 1 atom stereocenters. The van der Waals surface area contributed by atoms with Crippen LogP contribution in [-0.4, -0.2) is 6.04 Å². The quantitative estimate of drug-likeness (QED) is 0.853. The molecule has 102 valence electrons. The first-order valence-electron chi connectivity index (χ1n) is 6.37. The van der Waals surface area contributed by atoms with Crippen LogP contribution in [0.4, 0.5) is 8.78 Å². The van der Waals surface area contributed by atoms with E-state index >= 15 is 0 Å². The van der Waals surface area contributed by atoms with E-state index in [1.165, 1.54) is 23.1 Å². The molecule has 4 heteroatoms. The van der Waals surface area contributed by atoms with Crippen LogP contribution in [0.5, 0.6) is 0 Å². The summed E-state index contributed by atoms with van der Waals surface area (Å²) in [5.74, 6) is -1.01. The molecule has 0 saturated carbocycles. The van der Waals surface area contributed by atoms with Crippen molar-refractivity contribution in [2.24, 2.45) is 5.73 Å².